The normalized spacial score (nSPS) is 17.0. The lowest BCUT2D eigenvalue weighted by molar-refractivity contribution is -0.384. The third-order valence-electron chi connectivity index (χ3n) is 13.2. The largest absolute Gasteiger partial charge is 0.465 e. The van der Waals surface area contributed by atoms with Crippen LogP contribution in [0.1, 0.15) is 67.4 Å². The molecule has 67 heavy (non-hydrogen) atoms. The second kappa shape index (κ2) is 20.0. The van der Waals surface area contributed by atoms with E-state index in [1.165, 1.54) is 34.9 Å². The topological polar surface area (TPSA) is 200 Å². The van der Waals surface area contributed by atoms with Crippen LogP contribution in [0.2, 0.25) is 5.02 Å². The molecule has 0 unspecified atom stereocenters. The van der Waals surface area contributed by atoms with Crippen molar-refractivity contribution in [1.82, 2.24) is 19.9 Å². The minimum atomic E-state index is -4.62. The minimum Gasteiger partial charge on any atom is -0.465 e. The van der Waals surface area contributed by atoms with E-state index in [2.05, 4.69) is 50.8 Å². The molecule has 0 atom stereocenters. The number of benzene rings is 4. The van der Waals surface area contributed by atoms with Gasteiger partial charge in [0, 0.05) is 106 Å². The Hall–Kier alpha value is -6.14. The molecule has 3 aliphatic rings. The summed E-state index contributed by atoms with van der Waals surface area (Å²) >= 11 is 6.25. The van der Waals surface area contributed by atoms with Crippen LogP contribution in [0.15, 0.2) is 95.5 Å². The molecule has 1 aromatic heterocycles. The van der Waals surface area contributed by atoms with Crippen LogP contribution >= 0.6 is 11.6 Å². The number of carbonyl (C=O) groups excluding carboxylic acids is 1. The number of fused-ring (bicyclic) bond motifs is 1. The van der Waals surface area contributed by atoms with Crippen LogP contribution in [0.5, 0.6) is 11.5 Å². The van der Waals surface area contributed by atoms with Gasteiger partial charge in [-0.3, -0.25) is 19.8 Å². The molecule has 3 heterocycles. The number of halogens is 1. The number of hydrogen-bond donors (Lipinski definition) is 4. The molecule has 0 spiro atoms. The highest BCUT2D eigenvalue weighted by Crippen LogP contribution is 2.44. The summed E-state index contributed by atoms with van der Waals surface area (Å²) in [7, 11) is -2.88. The number of amides is 2. The second-order valence-electron chi connectivity index (χ2n) is 18.3. The molecule has 354 valence electrons. The van der Waals surface area contributed by atoms with Gasteiger partial charge in [0.15, 0.2) is 0 Å². The van der Waals surface area contributed by atoms with E-state index in [9.17, 15) is 28.1 Å². The molecule has 1 aliphatic carbocycles. The molecule has 0 saturated carbocycles. The number of carboxylic acid groups (broad SMARTS) is 1. The molecule has 2 amide bonds. The number of rotatable bonds is 15. The van der Waals surface area contributed by atoms with E-state index >= 15 is 0 Å². The summed E-state index contributed by atoms with van der Waals surface area (Å²) in [5, 5.41) is 25.3. The maximum Gasteiger partial charge on any atom is 0.404 e. The van der Waals surface area contributed by atoms with Gasteiger partial charge in [-0.05, 0) is 115 Å². The van der Waals surface area contributed by atoms with E-state index in [1.54, 1.807) is 42.4 Å². The number of piperazine rings is 1. The van der Waals surface area contributed by atoms with E-state index in [0.717, 1.165) is 67.1 Å². The number of carbonyl (C=O) groups is 2. The number of hydrogen-bond acceptors (Lipinski definition) is 11. The number of nitrogens with zero attached hydrogens (tertiary/aromatic N) is 4. The molecule has 8 rings (SSSR count). The van der Waals surface area contributed by atoms with Gasteiger partial charge in [0.2, 0.25) is 0 Å². The standard InChI is InChI=1S/C49H56ClN7O9S/c1-49(2)18-14-34(42(29-49)32-4-6-35(50)7-5-32)31-55-20-22-56(23-21-55)37-8-11-40(46(26-37)66-38-9-12-43-41(27-38)33(30-52-43)15-19-51-48(59)60)47(58)53-67(63,64)39-10-13-44(45(28-39)57(61)62)54(3)36-16-24-65-25-17-36/h4-13,26-28,30,36,51-52H,14-25,29,31H2,1-3H3,(H,53,58)(H,59,60). The minimum absolute atomic E-state index is 0.0284. The van der Waals surface area contributed by atoms with Gasteiger partial charge in [0.1, 0.15) is 17.2 Å². The fraction of sp³-hybridized carbons (Fsp3) is 0.388. The molecule has 4 N–H and O–H groups in total. The number of nitro benzene ring substituents is 1. The van der Waals surface area contributed by atoms with E-state index in [0.29, 0.717) is 56.3 Å². The van der Waals surface area contributed by atoms with Gasteiger partial charge in [-0.2, -0.15) is 0 Å². The lowest BCUT2D eigenvalue weighted by Crippen LogP contribution is -2.47. The van der Waals surface area contributed by atoms with Crippen LogP contribution in [-0.2, 0) is 21.2 Å². The van der Waals surface area contributed by atoms with Crippen molar-refractivity contribution in [3.05, 3.63) is 122 Å². The average molecular weight is 955 g/mol. The van der Waals surface area contributed by atoms with Gasteiger partial charge in [-0.1, -0.05) is 43.2 Å². The Bertz CT molecular complexity index is 2800. The van der Waals surface area contributed by atoms with Crippen LogP contribution in [-0.4, -0.2) is 106 Å². The summed E-state index contributed by atoms with van der Waals surface area (Å²) in [6.45, 7) is 9.69. The lowest BCUT2D eigenvalue weighted by atomic mass is 9.72. The SMILES string of the molecule is CN(c1ccc(S(=O)(=O)NC(=O)c2ccc(N3CCN(CC4=C(c5ccc(Cl)cc5)CC(C)(C)CC4)CC3)cc2Oc2ccc3[nH]cc(CCNC(=O)O)c3c2)cc1[N+](=O)[O-])C1CCOCC1. The number of H-pyrrole nitrogens is 1. The fourth-order valence-corrected chi connectivity index (χ4v) is 10.5. The number of aromatic nitrogens is 1. The first-order valence-electron chi connectivity index (χ1n) is 22.5. The summed E-state index contributed by atoms with van der Waals surface area (Å²) in [6.07, 6.45) is 5.54. The maximum atomic E-state index is 14.1. The van der Waals surface area contributed by atoms with Crippen molar-refractivity contribution >= 4 is 67.2 Å². The van der Waals surface area contributed by atoms with Gasteiger partial charge in [-0.15, -0.1) is 0 Å². The summed E-state index contributed by atoms with van der Waals surface area (Å²) in [4.78, 5) is 46.1. The van der Waals surface area contributed by atoms with E-state index < -0.39 is 37.5 Å². The summed E-state index contributed by atoms with van der Waals surface area (Å²) in [6, 6.07) is 22.1. The molecular formula is C49H56ClN7O9S. The summed E-state index contributed by atoms with van der Waals surface area (Å²) in [5.74, 6) is -0.529. The number of aromatic amines is 1. The molecule has 2 aliphatic heterocycles. The highest BCUT2D eigenvalue weighted by atomic mass is 35.5. The number of anilines is 2. The Morgan fingerprint density at radius 2 is 1.76 bits per heavy atom. The molecule has 18 heteroatoms. The summed E-state index contributed by atoms with van der Waals surface area (Å²) in [5.41, 5.74) is 6.45. The first kappa shape index (κ1) is 47.4. The lowest BCUT2D eigenvalue weighted by Gasteiger charge is -2.39. The predicted octanol–water partition coefficient (Wildman–Crippen LogP) is 8.85. The zero-order valence-corrected chi connectivity index (χ0v) is 39.4. The highest BCUT2D eigenvalue weighted by Gasteiger charge is 2.32. The van der Waals surface area contributed by atoms with Crippen LogP contribution in [0.3, 0.4) is 0 Å². The molecular weight excluding hydrogens is 898 g/mol. The Morgan fingerprint density at radius 1 is 1.01 bits per heavy atom. The molecule has 2 saturated heterocycles. The average Bonchev–Trinajstić information content (AvgIpc) is 3.71. The van der Waals surface area contributed by atoms with Crippen molar-refractivity contribution in [1.29, 1.82) is 0 Å². The highest BCUT2D eigenvalue weighted by molar-refractivity contribution is 7.90. The Labute approximate surface area is 395 Å². The van der Waals surface area contributed by atoms with Crippen molar-refractivity contribution in [3.8, 4) is 11.5 Å². The van der Waals surface area contributed by atoms with Gasteiger partial charge in [0.05, 0.1) is 15.4 Å². The van der Waals surface area contributed by atoms with Gasteiger partial charge in [0.25, 0.3) is 21.6 Å². The van der Waals surface area contributed by atoms with Gasteiger partial charge >= 0.3 is 6.09 Å². The number of nitrogens with one attached hydrogen (secondary N) is 3. The van der Waals surface area contributed by atoms with Crippen molar-refractivity contribution in [2.75, 3.05) is 69.3 Å². The maximum absolute atomic E-state index is 14.1. The number of allylic oxidation sites excluding steroid dienone is 1. The smallest absolute Gasteiger partial charge is 0.404 e. The second-order valence-corrected chi connectivity index (χ2v) is 20.4. The van der Waals surface area contributed by atoms with Crippen LogP contribution in [0.25, 0.3) is 16.5 Å². The molecule has 0 bridgehead atoms. The van der Waals surface area contributed by atoms with E-state index in [4.69, 9.17) is 26.2 Å². The zero-order valence-electron chi connectivity index (χ0n) is 37.8. The number of ether oxygens (including phenoxy) is 2. The molecule has 5 aromatic rings. The first-order valence-corrected chi connectivity index (χ1v) is 24.4. The Kier molecular flexibility index (Phi) is 14.1. The Balaban J connectivity index is 1.05. The van der Waals surface area contributed by atoms with Gasteiger partial charge < -0.3 is 34.7 Å². The van der Waals surface area contributed by atoms with Crippen molar-refractivity contribution in [3.63, 3.8) is 0 Å². The number of nitro groups is 1. The quantitative estimate of drug-likeness (QED) is 0.0575. The van der Waals surface area contributed by atoms with Crippen molar-refractivity contribution in [2.24, 2.45) is 5.41 Å². The van der Waals surface area contributed by atoms with E-state index in [1.807, 2.05) is 18.2 Å². The van der Waals surface area contributed by atoms with Gasteiger partial charge in [-0.25, -0.2) is 17.9 Å². The fourth-order valence-electron chi connectivity index (χ4n) is 9.36. The van der Waals surface area contributed by atoms with Crippen LogP contribution < -0.4 is 24.6 Å². The zero-order chi connectivity index (χ0) is 47.5. The molecule has 2 fully saturated rings. The van der Waals surface area contributed by atoms with E-state index in [-0.39, 0.29) is 35.0 Å². The Morgan fingerprint density at radius 3 is 2.48 bits per heavy atom. The van der Waals surface area contributed by atoms with Crippen molar-refractivity contribution < 1.29 is 37.5 Å². The summed E-state index contributed by atoms with van der Waals surface area (Å²) < 4.78 is 41.8. The molecule has 0 radical (unpaired) electrons. The third-order valence-corrected chi connectivity index (χ3v) is 14.8. The molecule has 16 nitrogen and oxygen atoms in total. The van der Waals surface area contributed by atoms with Crippen LogP contribution in [0.4, 0.5) is 21.9 Å². The van der Waals surface area contributed by atoms with Crippen LogP contribution in [0, 0.1) is 15.5 Å². The first-order chi connectivity index (χ1) is 32.0. The third kappa shape index (κ3) is 11.2. The van der Waals surface area contributed by atoms with Crippen molar-refractivity contribution in [2.45, 2.75) is 63.3 Å². The monoisotopic (exact) mass is 953 g/mol. The molecule has 4 aromatic carbocycles. The number of sulfonamides is 1. The predicted molar refractivity (Wildman–Crippen MR) is 259 cm³/mol.